The van der Waals surface area contributed by atoms with Crippen molar-refractivity contribution in [3.05, 3.63) is 16.1 Å². The van der Waals surface area contributed by atoms with Crippen LogP contribution in [-0.4, -0.2) is 53.2 Å². The molecule has 0 aromatic carbocycles. The fourth-order valence-corrected chi connectivity index (χ4v) is 3.75. The van der Waals surface area contributed by atoms with E-state index in [1.54, 1.807) is 16.2 Å². The first-order valence-electron chi connectivity index (χ1n) is 7.14. The van der Waals surface area contributed by atoms with E-state index in [-0.39, 0.29) is 11.7 Å². The van der Waals surface area contributed by atoms with Gasteiger partial charge in [0.1, 0.15) is 5.60 Å². The van der Waals surface area contributed by atoms with Crippen LogP contribution < -0.4 is 0 Å². The fraction of sp³-hybridized carbons (Fsp3) is 0.714. The number of hydrogen-bond donors (Lipinski definition) is 0. The van der Waals surface area contributed by atoms with E-state index in [0.29, 0.717) is 0 Å². The molecule has 1 atom stereocenters. The van der Waals surface area contributed by atoms with Gasteiger partial charge in [-0.25, -0.2) is 9.78 Å². The van der Waals surface area contributed by atoms with Crippen molar-refractivity contribution in [2.75, 3.05) is 26.7 Å². The average molecular weight is 295 g/mol. The summed E-state index contributed by atoms with van der Waals surface area (Å²) in [4.78, 5) is 20.3. The van der Waals surface area contributed by atoms with Crippen molar-refractivity contribution in [1.29, 1.82) is 0 Å². The molecule has 6 heteroatoms. The lowest BCUT2D eigenvalue weighted by atomic mass is 9.95. The first kappa shape index (κ1) is 13.8. The number of rotatable bonds is 2. The summed E-state index contributed by atoms with van der Waals surface area (Å²) in [5, 5.41) is 3.26. The van der Waals surface area contributed by atoms with Crippen LogP contribution in [0.3, 0.4) is 0 Å². The van der Waals surface area contributed by atoms with Crippen LogP contribution in [-0.2, 0) is 11.3 Å². The first-order valence-corrected chi connectivity index (χ1v) is 8.02. The summed E-state index contributed by atoms with van der Waals surface area (Å²) in [6.07, 6.45) is 2.79. The van der Waals surface area contributed by atoms with E-state index in [1.165, 1.54) is 0 Å². The lowest BCUT2D eigenvalue weighted by molar-refractivity contribution is 0.0442. The van der Waals surface area contributed by atoms with E-state index in [1.807, 2.05) is 14.0 Å². The van der Waals surface area contributed by atoms with Crippen molar-refractivity contribution >= 4 is 17.4 Å². The zero-order chi connectivity index (χ0) is 14.2. The molecule has 1 spiro atoms. The molecule has 1 aromatic heterocycles. The summed E-state index contributed by atoms with van der Waals surface area (Å²) in [5.41, 5.74) is 0.905. The molecule has 3 rings (SSSR count). The third-order valence-electron chi connectivity index (χ3n) is 4.18. The minimum atomic E-state index is -0.251. The van der Waals surface area contributed by atoms with Gasteiger partial charge in [0, 0.05) is 31.9 Å². The van der Waals surface area contributed by atoms with Gasteiger partial charge in [0.25, 0.3) is 0 Å². The highest BCUT2D eigenvalue weighted by Crippen LogP contribution is 2.32. The zero-order valence-corrected chi connectivity index (χ0v) is 12.9. The second-order valence-corrected chi connectivity index (χ2v) is 6.96. The molecule has 5 nitrogen and oxygen atoms in total. The summed E-state index contributed by atoms with van der Waals surface area (Å²) in [7, 11) is 1.82. The SMILES string of the molecule is Cc1nc(CN2CCC[C@]3(CC2)CN(C)C(=O)O3)cs1. The topological polar surface area (TPSA) is 45.7 Å². The minimum Gasteiger partial charge on any atom is -0.441 e. The Morgan fingerprint density at radius 2 is 2.30 bits per heavy atom. The molecule has 3 heterocycles. The average Bonchev–Trinajstić information content (AvgIpc) is 2.84. The Bertz CT molecular complexity index is 504. The van der Waals surface area contributed by atoms with Gasteiger partial charge in [0.15, 0.2) is 0 Å². The third-order valence-corrected chi connectivity index (χ3v) is 5.01. The van der Waals surface area contributed by atoms with E-state index in [2.05, 4.69) is 15.3 Å². The Labute approximate surface area is 123 Å². The van der Waals surface area contributed by atoms with E-state index in [4.69, 9.17) is 4.74 Å². The molecule has 110 valence electrons. The van der Waals surface area contributed by atoms with Crippen LogP contribution in [0.2, 0.25) is 0 Å². The summed E-state index contributed by atoms with van der Waals surface area (Å²) < 4.78 is 5.63. The van der Waals surface area contributed by atoms with Crippen LogP contribution in [0, 0.1) is 6.92 Å². The Morgan fingerprint density at radius 3 is 2.95 bits per heavy atom. The summed E-state index contributed by atoms with van der Waals surface area (Å²) in [6.45, 7) is 5.70. The van der Waals surface area contributed by atoms with E-state index < -0.39 is 0 Å². The highest BCUT2D eigenvalue weighted by atomic mass is 32.1. The summed E-state index contributed by atoms with van der Waals surface area (Å²) in [5.74, 6) is 0. The van der Waals surface area contributed by atoms with Crippen molar-refractivity contribution in [2.45, 2.75) is 38.3 Å². The summed E-state index contributed by atoms with van der Waals surface area (Å²) >= 11 is 1.70. The second kappa shape index (κ2) is 5.33. The number of aromatic nitrogens is 1. The van der Waals surface area contributed by atoms with Gasteiger partial charge in [0.2, 0.25) is 0 Å². The standard InChI is InChI=1S/C14H21N3O2S/c1-11-15-12(9-20-11)8-17-6-3-4-14(5-7-17)10-16(2)13(18)19-14/h9H,3-8,10H2,1-2H3/t14-/m0/s1. The van der Waals surface area contributed by atoms with Crippen LogP contribution in [0.25, 0.3) is 0 Å². The van der Waals surface area contributed by atoms with Gasteiger partial charge in [-0.3, -0.25) is 4.90 Å². The van der Waals surface area contributed by atoms with Gasteiger partial charge in [-0.05, 0) is 26.3 Å². The van der Waals surface area contributed by atoms with Gasteiger partial charge in [-0.2, -0.15) is 0 Å². The van der Waals surface area contributed by atoms with Crippen molar-refractivity contribution in [1.82, 2.24) is 14.8 Å². The molecule has 0 radical (unpaired) electrons. The quantitative estimate of drug-likeness (QED) is 0.839. The number of ether oxygens (including phenoxy) is 1. The molecule has 20 heavy (non-hydrogen) atoms. The lowest BCUT2D eigenvalue weighted by Crippen LogP contribution is -2.35. The lowest BCUT2D eigenvalue weighted by Gasteiger charge is -2.25. The van der Waals surface area contributed by atoms with Crippen LogP contribution in [0.1, 0.15) is 30.0 Å². The molecule has 0 N–H and O–H groups in total. The van der Waals surface area contributed by atoms with Crippen LogP contribution in [0.4, 0.5) is 4.79 Å². The highest BCUT2D eigenvalue weighted by Gasteiger charge is 2.44. The van der Waals surface area contributed by atoms with Crippen molar-refractivity contribution < 1.29 is 9.53 Å². The number of aryl methyl sites for hydroxylation is 1. The number of hydrogen-bond acceptors (Lipinski definition) is 5. The van der Waals surface area contributed by atoms with Gasteiger partial charge < -0.3 is 9.64 Å². The molecule has 0 bridgehead atoms. The molecule has 2 aliphatic rings. The monoisotopic (exact) mass is 295 g/mol. The van der Waals surface area contributed by atoms with Crippen molar-refractivity contribution in [3.63, 3.8) is 0 Å². The normalized spacial score (nSPS) is 27.9. The zero-order valence-electron chi connectivity index (χ0n) is 12.1. The largest absolute Gasteiger partial charge is 0.441 e. The second-order valence-electron chi connectivity index (χ2n) is 5.89. The molecule has 2 saturated heterocycles. The number of nitrogens with zero attached hydrogens (tertiary/aromatic N) is 3. The van der Waals surface area contributed by atoms with E-state index in [9.17, 15) is 4.79 Å². The molecular weight excluding hydrogens is 274 g/mol. The molecule has 0 aliphatic carbocycles. The Hall–Kier alpha value is -1.14. The molecule has 0 unspecified atom stereocenters. The fourth-order valence-electron chi connectivity index (χ4n) is 3.14. The Kier molecular flexibility index (Phi) is 3.69. The predicted molar refractivity (Wildman–Crippen MR) is 77.8 cm³/mol. The Morgan fingerprint density at radius 1 is 1.45 bits per heavy atom. The maximum Gasteiger partial charge on any atom is 0.410 e. The van der Waals surface area contributed by atoms with Crippen LogP contribution >= 0.6 is 11.3 Å². The molecule has 1 aromatic rings. The van der Waals surface area contributed by atoms with E-state index in [0.717, 1.165) is 56.1 Å². The molecule has 2 fully saturated rings. The molecule has 0 saturated carbocycles. The van der Waals surface area contributed by atoms with Gasteiger partial charge >= 0.3 is 6.09 Å². The van der Waals surface area contributed by atoms with E-state index >= 15 is 0 Å². The van der Waals surface area contributed by atoms with Crippen LogP contribution in [0.5, 0.6) is 0 Å². The number of likely N-dealkylation sites (tertiary alicyclic amines) is 1. The van der Waals surface area contributed by atoms with Gasteiger partial charge in [-0.1, -0.05) is 0 Å². The predicted octanol–water partition coefficient (Wildman–Crippen LogP) is 2.26. The number of carbonyl (C=O) groups is 1. The van der Waals surface area contributed by atoms with Crippen molar-refractivity contribution in [3.8, 4) is 0 Å². The number of carbonyl (C=O) groups excluding carboxylic acids is 1. The smallest absolute Gasteiger partial charge is 0.410 e. The maximum absolute atomic E-state index is 11.6. The Balaban J connectivity index is 1.61. The third kappa shape index (κ3) is 2.81. The van der Waals surface area contributed by atoms with Gasteiger partial charge in [0.05, 0.1) is 17.2 Å². The molecular formula is C14H21N3O2S. The number of amides is 1. The first-order chi connectivity index (χ1) is 9.56. The minimum absolute atomic E-state index is 0.173. The maximum atomic E-state index is 11.6. The van der Waals surface area contributed by atoms with Crippen molar-refractivity contribution in [2.24, 2.45) is 0 Å². The van der Waals surface area contributed by atoms with Crippen LogP contribution in [0.15, 0.2) is 5.38 Å². The van der Waals surface area contributed by atoms with Gasteiger partial charge in [-0.15, -0.1) is 11.3 Å². The highest BCUT2D eigenvalue weighted by molar-refractivity contribution is 7.09. The molecule has 1 amide bonds. The number of thiazole rings is 1. The summed E-state index contributed by atoms with van der Waals surface area (Å²) in [6, 6.07) is 0. The molecule has 2 aliphatic heterocycles. The number of likely N-dealkylation sites (N-methyl/N-ethyl adjacent to an activating group) is 1.